The van der Waals surface area contributed by atoms with Crippen molar-refractivity contribution in [2.75, 3.05) is 20.1 Å². The molecule has 3 heterocycles. The van der Waals surface area contributed by atoms with E-state index in [9.17, 15) is 13.2 Å². The van der Waals surface area contributed by atoms with E-state index in [-0.39, 0.29) is 16.7 Å². The molecule has 0 radical (unpaired) electrons. The zero-order valence-electron chi connectivity index (χ0n) is 17.1. The Hall–Kier alpha value is -2.78. The number of para-hydroxylation sites is 1. The Bertz CT molecular complexity index is 1260. The summed E-state index contributed by atoms with van der Waals surface area (Å²) in [5, 5.41) is 0.927. The summed E-state index contributed by atoms with van der Waals surface area (Å²) in [5.41, 5.74) is 1.62. The van der Waals surface area contributed by atoms with E-state index in [0.29, 0.717) is 43.9 Å². The molecular formula is C22H22N4O3S2. The predicted octanol–water partition coefficient (Wildman–Crippen LogP) is 3.12. The number of carbonyl (C=O) groups is 1. The highest BCUT2D eigenvalue weighted by atomic mass is 32.2. The second kappa shape index (κ2) is 7.72. The van der Waals surface area contributed by atoms with E-state index in [1.165, 1.54) is 0 Å². The molecule has 0 saturated carbocycles. The summed E-state index contributed by atoms with van der Waals surface area (Å²) in [6, 6.07) is 14.9. The van der Waals surface area contributed by atoms with Crippen molar-refractivity contribution in [1.82, 2.24) is 14.8 Å². The molecule has 1 aromatic heterocycles. The molecule has 2 aliphatic heterocycles. The molecule has 2 aromatic carbocycles. The molecule has 5 rings (SSSR count). The molecule has 160 valence electrons. The Morgan fingerprint density at radius 3 is 2.61 bits per heavy atom. The largest absolute Gasteiger partial charge is 0.355 e. The molecule has 2 aliphatic rings. The van der Waals surface area contributed by atoms with E-state index in [0.717, 1.165) is 15.2 Å². The lowest BCUT2D eigenvalue weighted by Crippen LogP contribution is -2.43. The Balaban J connectivity index is 1.24. The molecule has 0 atom stereocenters. The molecule has 0 unspecified atom stereocenters. The van der Waals surface area contributed by atoms with E-state index in [1.807, 2.05) is 42.3 Å². The number of nitrogens with zero attached hydrogens (tertiary/aromatic N) is 4. The second-order valence-electron chi connectivity index (χ2n) is 7.92. The van der Waals surface area contributed by atoms with Gasteiger partial charge in [0.25, 0.3) is 10.0 Å². The molecule has 1 amide bonds. The van der Waals surface area contributed by atoms with Gasteiger partial charge in [-0.05, 0) is 37.1 Å². The maximum atomic E-state index is 13.0. The lowest BCUT2D eigenvalue weighted by Gasteiger charge is -2.34. The molecule has 9 heteroatoms. The number of amidine groups is 1. The van der Waals surface area contributed by atoms with Crippen LogP contribution in [0.4, 0.5) is 0 Å². The van der Waals surface area contributed by atoms with Gasteiger partial charge in [-0.1, -0.05) is 24.3 Å². The maximum Gasteiger partial charge on any atom is 0.285 e. The standard InChI is InChI=1S/C22H22N4O3S2/c1-25(14-20-23-17-7-3-4-8-18(17)30-20)22(27)15-10-12-26(13-11-15)21-16-6-2-5-9-19(16)31(28,29)24-21/h2-9,15H,10-14H2,1H3. The van der Waals surface area contributed by atoms with E-state index < -0.39 is 10.0 Å². The number of aromatic nitrogens is 1. The minimum atomic E-state index is -3.63. The molecule has 0 N–H and O–H groups in total. The summed E-state index contributed by atoms with van der Waals surface area (Å²) in [5.74, 6) is 0.536. The Kier molecular flexibility index (Phi) is 5.02. The van der Waals surface area contributed by atoms with Gasteiger partial charge >= 0.3 is 0 Å². The highest BCUT2D eigenvalue weighted by Crippen LogP contribution is 2.30. The monoisotopic (exact) mass is 454 g/mol. The SMILES string of the molecule is CN(Cc1nc2ccccc2s1)C(=O)C1CCN(C2=NS(=O)(=O)c3ccccc32)CC1. The molecular weight excluding hydrogens is 432 g/mol. The summed E-state index contributed by atoms with van der Waals surface area (Å²) < 4.78 is 29.8. The molecule has 0 aliphatic carbocycles. The average Bonchev–Trinajstić information content (AvgIpc) is 3.31. The van der Waals surface area contributed by atoms with Gasteiger partial charge in [-0.3, -0.25) is 4.79 Å². The molecule has 1 fully saturated rings. The van der Waals surface area contributed by atoms with E-state index in [1.54, 1.807) is 34.4 Å². The summed E-state index contributed by atoms with van der Waals surface area (Å²) >= 11 is 1.61. The smallest absolute Gasteiger partial charge is 0.285 e. The zero-order chi connectivity index (χ0) is 21.6. The van der Waals surface area contributed by atoms with E-state index >= 15 is 0 Å². The third-order valence-electron chi connectivity index (χ3n) is 5.84. The van der Waals surface area contributed by atoms with Crippen LogP contribution in [0, 0.1) is 5.92 Å². The molecule has 0 bridgehead atoms. The van der Waals surface area contributed by atoms with Gasteiger partial charge in [0.1, 0.15) is 9.90 Å². The molecule has 31 heavy (non-hydrogen) atoms. The fourth-order valence-electron chi connectivity index (χ4n) is 4.23. The summed E-state index contributed by atoms with van der Waals surface area (Å²) in [6.07, 6.45) is 1.34. The number of fused-ring (bicyclic) bond motifs is 2. The number of carbonyl (C=O) groups excluding carboxylic acids is 1. The van der Waals surface area contributed by atoms with Crippen LogP contribution in [0.1, 0.15) is 23.4 Å². The molecule has 3 aromatic rings. The van der Waals surface area contributed by atoms with Crippen molar-refractivity contribution in [3.05, 3.63) is 59.1 Å². The van der Waals surface area contributed by atoms with Gasteiger partial charge < -0.3 is 9.80 Å². The van der Waals surface area contributed by atoms with Crippen molar-refractivity contribution in [1.29, 1.82) is 0 Å². The van der Waals surface area contributed by atoms with Gasteiger partial charge in [0.15, 0.2) is 5.84 Å². The first kappa shape index (κ1) is 20.1. The number of benzene rings is 2. The van der Waals surface area contributed by atoms with Crippen LogP contribution in [-0.2, 0) is 21.4 Å². The van der Waals surface area contributed by atoms with Crippen molar-refractivity contribution in [3.63, 3.8) is 0 Å². The number of sulfonamides is 1. The van der Waals surface area contributed by atoms with Crippen LogP contribution < -0.4 is 0 Å². The van der Waals surface area contributed by atoms with Crippen LogP contribution in [0.5, 0.6) is 0 Å². The predicted molar refractivity (Wildman–Crippen MR) is 121 cm³/mol. The van der Waals surface area contributed by atoms with Crippen LogP contribution in [0.2, 0.25) is 0 Å². The number of rotatable bonds is 3. The zero-order valence-corrected chi connectivity index (χ0v) is 18.7. The lowest BCUT2D eigenvalue weighted by molar-refractivity contribution is -0.136. The molecule has 0 spiro atoms. The van der Waals surface area contributed by atoms with Gasteiger partial charge in [0, 0.05) is 31.6 Å². The Morgan fingerprint density at radius 1 is 1.13 bits per heavy atom. The number of thiazole rings is 1. The highest BCUT2D eigenvalue weighted by molar-refractivity contribution is 7.90. The van der Waals surface area contributed by atoms with Crippen molar-refractivity contribution in [2.45, 2.75) is 24.3 Å². The van der Waals surface area contributed by atoms with Gasteiger partial charge in [0.2, 0.25) is 5.91 Å². The highest BCUT2D eigenvalue weighted by Gasteiger charge is 2.35. The second-order valence-corrected chi connectivity index (χ2v) is 10.6. The quantitative estimate of drug-likeness (QED) is 0.607. The van der Waals surface area contributed by atoms with Gasteiger partial charge in [-0.15, -0.1) is 15.7 Å². The van der Waals surface area contributed by atoms with Crippen LogP contribution in [0.3, 0.4) is 0 Å². The topological polar surface area (TPSA) is 82.9 Å². The average molecular weight is 455 g/mol. The molecule has 1 saturated heterocycles. The normalized spacial score (nSPS) is 18.1. The first-order valence-corrected chi connectivity index (χ1v) is 12.5. The van der Waals surface area contributed by atoms with Crippen molar-refractivity contribution in [2.24, 2.45) is 10.3 Å². The number of piperidine rings is 1. The first-order valence-electron chi connectivity index (χ1n) is 10.2. The van der Waals surface area contributed by atoms with Crippen LogP contribution >= 0.6 is 11.3 Å². The van der Waals surface area contributed by atoms with Crippen molar-refractivity contribution in [3.8, 4) is 0 Å². The van der Waals surface area contributed by atoms with Gasteiger partial charge in [-0.25, -0.2) is 4.98 Å². The molecule has 7 nitrogen and oxygen atoms in total. The number of hydrogen-bond acceptors (Lipinski definition) is 6. The van der Waals surface area contributed by atoms with E-state index in [4.69, 9.17) is 0 Å². The summed E-state index contributed by atoms with van der Waals surface area (Å²) in [4.78, 5) is 21.6. The number of hydrogen-bond donors (Lipinski definition) is 0. The van der Waals surface area contributed by atoms with E-state index in [2.05, 4.69) is 9.38 Å². The van der Waals surface area contributed by atoms with Crippen LogP contribution in [0.15, 0.2) is 57.8 Å². The fourth-order valence-corrected chi connectivity index (χ4v) is 6.48. The van der Waals surface area contributed by atoms with Gasteiger partial charge in [0.05, 0.1) is 16.8 Å². The number of likely N-dealkylation sites (tertiary alicyclic amines) is 1. The fraction of sp³-hybridized carbons (Fsp3) is 0.318. The summed E-state index contributed by atoms with van der Waals surface area (Å²) in [6.45, 7) is 1.71. The van der Waals surface area contributed by atoms with Crippen LogP contribution in [-0.4, -0.2) is 55.1 Å². The summed E-state index contributed by atoms with van der Waals surface area (Å²) in [7, 11) is -1.80. The van der Waals surface area contributed by atoms with Crippen molar-refractivity contribution < 1.29 is 13.2 Å². The Morgan fingerprint density at radius 2 is 1.84 bits per heavy atom. The van der Waals surface area contributed by atoms with Crippen molar-refractivity contribution >= 4 is 43.3 Å². The number of amides is 1. The first-order chi connectivity index (χ1) is 14.9. The minimum Gasteiger partial charge on any atom is -0.355 e. The Labute approximate surface area is 185 Å². The maximum absolute atomic E-state index is 13.0. The van der Waals surface area contributed by atoms with Crippen LogP contribution in [0.25, 0.3) is 10.2 Å². The lowest BCUT2D eigenvalue weighted by atomic mass is 9.95. The van der Waals surface area contributed by atoms with Gasteiger partial charge in [-0.2, -0.15) is 8.42 Å². The minimum absolute atomic E-state index is 0.0792. The third kappa shape index (κ3) is 3.72. The third-order valence-corrected chi connectivity index (χ3v) is 8.19.